The number of phenolic OH excluding ortho intramolecular Hbond substituents is 1. The number of aryl methyl sites for hydroxylation is 2. The Hall–Kier alpha value is -2.54. The van der Waals surface area contributed by atoms with Crippen molar-refractivity contribution in [3.63, 3.8) is 0 Å². The average molecular weight is 360 g/mol. The van der Waals surface area contributed by atoms with Crippen LogP contribution >= 0.6 is 0 Å². The molecule has 0 amide bonds. The second kappa shape index (κ2) is 8.91. The maximum absolute atomic E-state index is 10.5. The van der Waals surface area contributed by atoms with Crippen LogP contribution in [0.15, 0.2) is 35.2 Å². The maximum atomic E-state index is 10.5. The monoisotopic (exact) mass is 360 g/mol. The molecule has 0 spiro atoms. The fraction of sp³-hybridized carbons (Fsp3) is 0.391. The van der Waals surface area contributed by atoms with Gasteiger partial charge in [-0.25, -0.2) is 0 Å². The van der Waals surface area contributed by atoms with E-state index in [0.717, 1.165) is 40.8 Å². The molecule has 2 aromatic rings. The van der Waals surface area contributed by atoms with Crippen LogP contribution < -0.4 is 4.74 Å². The zero-order valence-electron chi connectivity index (χ0n) is 16.9. The molecule has 2 aromatic carbocycles. The van der Waals surface area contributed by atoms with Gasteiger partial charge in [-0.05, 0) is 50.5 Å². The summed E-state index contributed by atoms with van der Waals surface area (Å²) < 4.78 is 6.19. The molecule has 3 rings (SSSR count). The van der Waals surface area contributed by atoms with E-state index >= 15 is 0 Å². The number of benzene rings is 2. The van der Waals surface area contributed by atoms with Crippen LogP contribution in [-0.2, 0) is 12.0 Å². The second-order valence-corrected chi connectivity index (χ2v) is 7.17. The molecule has 0 aromatic heterocycles. The van der Waals surface area contributed by atoms with Gasteiger partial charge in [-0.1, -0.05) is 37.1 Å². The number of hydrogen-bond acceptors (Lipinski definition) is 3. The molecule has 1 aliphatic rings. The SMILES string of the molecule is CCCc1cc(O)c2c(c1)OC(C)(C)c1ccc(C)cc1-2.[B]=NCC#CC. The van der Waals surface area contributed by atoms with Crippen molar-refractivity contribution in [3.8, 4) is 34.5 Å². The number of fused-ring (bicyclic) bond motifs is 3. The van der Waals surface area contributed by atoms with Crippen LogP contribution in [0.5, 0.6) is 11.5 Å². The Morgan fingerprint density at radius 3 is 2.56 bits per heavy atom. The van der Waals surface area contributed by atoms with Gasteiger partial charge in [-0.3, -0.25) is 0 Å². The van der Waals surface area contributed by atoms with E-state index in [2.05, 4.69) is 68.7 Å². The first kappa shape index (κ1) is 20.8. The minimum atomic E-state index is -0.382. The van der Waals surface area contributed by atoms with Crippen molar-refractivity contribution < 1.29 is 9.84 Å². The average Bonchev–Trinajstić information content (AvgIpc) is 2.59. The third-order valence-electron chi connectivity index (χ3n) is 4.49. The molecule has 1 N–H and O–H groups in total. The van der Waals surface area contributed by atoms with Crippen LogP contribution in [0.2, 0.25) is 0 Å². The quantitative estimate of drug-likeness (QED) is 0.595. The normalized spacial score (nSPS) is 12.9. The molecule has 27 heavy (non-hydrogen) atoms. The molecule has 0 atom stereocenters. The van der Waals surface area contributed by atoms with Gasteiger partial charge < -0.3 is 9.84 Å². The van der Waals surface area contributed by atoms with Crippen LogP contribution in [0, 0.1) is 18.8 Å². The molecule has 0 fully saturated rings. The van der Waals surface area contributed by atoms with E-state index in [1.165, 1.54) is 5.56 Å². The van der Waals surface area contributed by atoms with E-state index in [0.29, 0.717) is 12.3 Å². The standard InChI is InChI=1S/C19H22O2.C4H5BN/c1-5-6-13-10-16(20)18-14-9-12(2)7-8-15(14)19(3,4)21-17(18)11-13;1-2-3-4-6-5/h7-11,20H,5-6H2,1-4H3;4H2,1H3. The number of nitrogens with zero attached hydrogens (tertiary/aromatic N) is 1. The van der Waals surface area contributed by atoms with E-state index in [-0.39, 0.29) is 5.60 Å². The first-order valence-corrected chi connectivity index (χ1v) is 9.26. The molecule has 0 aliphatic carbocycles. The number of aromatic hydroxyl groups is 1. The Labute approximate surface area is 163 Å². The van der Waals surface area contributed by atoms with Crippen LogP contribution in [-0.4, -0.2) is 19.3 Å². The van der Waals surface area contributed by atoms with Crippen molar-refractivity contribution in [3.05, 3.63) is 47.0 Å². The van der Waals surface area contributed by atoms with Gasteiger partial charge in [0.25, 0.3) is 0 Å². The molecule has 1 radical (unpaired) electrons. The van der Waals surface area contributed by atoms with Gasteiger partial charge in [0.15, 0.2) is 0 Å². The van der Waals surface area contributed by atoms with Crippen molar-refractivity contribution >= 4 is 7.64 Å². The van der Waals surface area contributed by atoms with Crippen molar-refractivity contribution in [2.75, 3.05) is 6.54 Å². The summed E-state index contributed by atoms with van der Waals surface area (Å²) in [5, 5.41) is 10.5. The second-order valence-electron chi connectivity index (χ2n) is 7.17. The van der Waals surface area contributed by atoms with Crippen molar-refractivity contribution in [1.29, 1.82) is 0 Å². The predicted octanol–water partition coefficient (Wildman–Crippen LogP) is 5.31. The van der Waals surface area contributed by atoms with Crippen molar-refractivity contribution in [2.24, 2.45) is 4.90 Å². The van der Waals surface area contributed by atoms with Crippen LogP contribution in [0.4, 0.5) is 0 Å². The van der Waals surface area contributed by atoms with E-state index in [4.69, 9.17) is 12.4 Å². The molecule has 0 saturated heterocycles. The van der Waals surface area contributed by atoms with Gasteiger partial charge >= 0.3 is 37.8 Å². The van der Waals surface area contributed by atoms with Crippen LogP contribution in [0.3, 0.4) is 0 Å². The molecule has 0 unspecified atom stereocenters. The molecule has 0 saturated carbocycles. The minimum absolute atomic E-state index is 0.318. The summed E-state index contributed by atoms with van der Waals surface area (Å²) in [5.41, 5.74) is 4.97. The Morgan fingerprint density at radius 2 is 1.96 bits per heavy atom. The van der Waals surface area contributed by atoms with Gasteiger partial charge in [0.05, 0.1) is 5.56 Å². The summed E-state index contributed by atoms with van der Waals surface area (Å²) in [5.74, 6) is 6.41. The predicted molar refractivity (Wildman–Crippen MR) is 112 cm³/mol. The number of hydrogen-bond donors (Lipinski definition) is 1. The number of rotatable bonds is 3. The first-order chi connectivity index (χ1) is 12.8. The molecule has 0 bridgehead atoms. The first-order valence-electron chi connectivity index (χ1n) is 9.26. The third-order valence-corrected chi connectivity index (χ3v) is 4.49. The van der Waals surface area contributed by atoms with E-state index < -0.39 is 0 Å². The third kappa shape index (κ3) is 4.80. The fourth-order valence-electron chi connectivity index (χ4n) is 3.28. The summed E-state index contributed by atoms with van der Waals surface area (Å²) in [6, 6.07) is 10.3. The summed E-state index contributed by atoms with van der Waals surface area (Å²) in [4.78, 5) is 3.25. The van der Waals surface area contributed by atoms with Crippen molar-refractivity contribution in [2.45, 2.75) is 53.1 Å². The summed E-state index contributed by atoms with van der Waals surface area (Å²) in [6.07, 6.45) is 2.00. The topological polar surface area (TPSA) is 41.8 Å². The van der Waals surface area contributed by atoms with E-state index in [9.17, 15) is 5.11 Å². The molecular weight excluding hydrogens is 333 g/mol. The van der Waals surface area contributed by atoms with Crippen LogP contribution in [0.1, 0.15) is 50.8 Å². The molecule has 4 heteroatoms. The number of phenols is 1. The van der Waals surface area contributed by atoms with Crippen molar-refractivity contribution in [1.82, 2.24) is 0 Å². The number of ether oxygens (including phenoxy) is 1. The zero-order chi connectivity index (χ0) is 20.0. The van der Waals surface area contributed by atoms with Gasteiger partial charge in [0, 0.05) is 5.56 Å². The molecule has 3 nitrogen and oxygen atoms in total. The molecule has 1 aliphatic heterocycles. The summed E-state index contributed by atoms with van der Waals surface area (Å²) in [6.45, 7) is 10.6. The molecule has 1 heterocycles. The van der Waals surface area contributed by atoms with Gasteiger partial charge in [0.1, 0.15) is 17.1 Å². The van der Waals surface area contributed by atoms with E-state index in [1.807, 2.05) is 6.07 Å². The molecular formula is C23H27BNO2. The zero-order valence-corrected chi connectivity index (χ0v) is 16.9. The van der Waals surface area contributed by atoms with Gasteiger partial charge in [-0.2, -0.15) is 0 Å². The fourth-order valence-corrected chi connectivity index (χ4v) is 3.28. The Kier molecular flexibility index (Phi) is 6.85. The van der Waals surface area contributed by atoms with Gasteiger partial charge in [-0.15, -0.1) is 0 Å². The van der Waals surface area contributed by atoms with E-state index in [1.54, 1.807) is 6.92 Å². The Balaban J connectivity index is 0.000000380. The summed E-state index contributed by atoms with van der Waals surface area (Å²) >= 11 is 0. The Bertz CT molecular complexity index is 891. The summed E-state index contributed by atoms with van der Waals surface area (Å²) in [7, 11) is 4.74. The molecule has 139 valence electrons. The van der Waals surface area contributed by atoms with Crippen LogP contribution in [0.25, 0.3) is 11.1 Å². The van der Waals surface area contributed by atoms with Gasteiger partial charge in [0.2, 0.25) is 0 Å². The Morgan fingerprint density at radius 1 is 1.22 bits per heavy atom.